The van der Waals surface area contributed by atoms with Gasteiger partial charge in [-0.1, -0.05) is 30.3 Å². The summed E-state index contributed by atoms with van der Waals surface area (Å²) in [4.78, 5) is 78.3. The maximum Gasteiger partial charge on any atom is 0.535 e. The van der Waals surface area contributed by atoms with Gasteiger partial charge in [-0.25, -0.2) is 13.6 Å². The molecule has 0 saturated heterocycles. The van der Waals surface area contributed by atoms with Crippen molar-refractivity contribution in [3.63, 3.8) is 0 Å². The van der Waals surface area contributed by atoms with E-state index in [9.17, 15) is 33.3 Å². The maximum atomic E-state index is 14.1. The summed E-state index contributed by atoms with van der Waals surface area (Å²) in [6.45, 7) is 11.8. The number of primary amides is 1. The van der Waals surface area contributed by atoms with Crippen LogP contribution in [0.1, 0.15) is 97.8 Å². The van der Waals surface area contributed by atoms with Crippen molar-refractivity contribution in [2.45, 2.75) is 106 Å². The third-order valence-corrected chi connectivity index (χ3v) is 10.7. The van der Waals surface area contributed by atoms with E-state index in [4.69, 9.17) is 28.8 Å². The number of nitrogens with one attached hydrogen (secondary N) is 1. The van der Waals surface area contributed by atoms with Crippen molar-refractivity contribution in [2.24, 2.45) is 22.5 Å². The SMILES string of the molecule is C/C(=C\C(=O)C[C@H]1CCc2cccc3c2N(C1=O)[C@H](C(=O)N[C@H](C)CCC(N)=O)C3)c1ccc(OP(=O)(OCOC(=O)C(C)(C)C)OCOC(=O)C(C)(C)C)cc1. The molecule has 2 aromatic carbocycles. The first kappa shape index (κ1) is 44.9. The number of nitrogens with zero attached hydrogens (tertiary/aromatic N) is 1. The van der Waals surface area contributed by atoms with Crippen molar-refractivity contribution >= 4 is 54.5 Å². The molecule has 0 aromatic heterocycles. The maximum absolute atomic E-state index is 14.1. The number of para-hydroxylation sites is 1. The number of rotatable bonds is 17. The fourth-order valence-electron chi connectivity index (χ4n) is 6.21. The molecule has 0 saturated carbocycles. The Labute approximate surface area is 333 Å². The fraction of sp³-hybridized carbons (Fsp3) is 0.512. The number of nitrogens with two attached hydrogens (primary N) is 1. The number of hydrogen-bond acceptors (Lipinski definition) is 12. The van der Waals surface area contributed by atoms with Gasteiger partial charge >= 0.3 is 19.8 Å². The molecule has 0 radical (unpaired) electrons. The van der Waals surface area contributed by atoms with Crippen molar-refractivity contribution in [1.29, 1.82) is 0 Å². The van der Waals surface area contributed by atoms with Crippen LogP contribution in [0.3, 0.4) is 0 Å². The zero-order chi connectivity index (χ0) is 42.3. The van der Waals surface area contributed by atoms with Gasteiger partial charge in [0.15, 0.2) is 5.78 Å². The Kier molecular flexibility index (Phi) is 14.6. The Bertz CT molecular complexity index is 1890. The Morgan fingerprint density at radius 3 is 2.07 bits per heavy atom. The molecule has 16 heteroatoms. The summed E-state index contributed by atoms with van der Waals surface area (Å²) in [5.41, 5.74) is 7.33. The summed E-state index contributed by atoms with van der Waals surface area (Å²) in [5, 5.41) is 2.92. The molecule has 0 fully saturated rings. The highest BCUT2D eigenvalue weighted by Crippen LogP contribution is 2.50. The van der Waals surface area contributed by atoms with Crippen molar-refractivity contribution in [3.05, 3.63) is 65.2 Å². The lowest BCUT2D eigenvalue weighted by Crippen LogP contribution is -2.51. The first-order valence-corrected chi connectivity index (χ1v) is 20.3. The van der Waals surface area contributed by atoms with Gasteiger partial charge in [0.25, 0.3) is 0 Å². The third kappa shape index (κ3) is 12.3. The molecular formula is C41H54N3O12P. The normalized spacial score (nSPS) is 17.6. The molecule has 0 bridgehead atoms. The van der Waals surface area contributed by atoms with Crippen LogP contribution in [0.4, 0.5) is 5.69 Å². The third-order valence-electron chi connectivity index (χ3n) is 9.41. The molecule has 57 heavy (non-hydrogen) atoms. The summed E-state index contributed by atoms with van der Waals surface area (Å²) in [7, 11) is -4.50. The second-order valence-electron chi connectivity index (χ2n) is 16.4. The molecule has 2 aliphatic heterocycles. The number of carbonyl (C=O) groups excluding carboxylic acids is 6. The van der Waals surface area contributed by atoms with E-state index in [1.54, 1.807) is 72.4 Å². The average molecular weight is 812 g/mol. The van der Waals surface area contributed by atoms with Gasteiger partial charge < -0.3 is 25.0 Å². The summed E-state index contributed by atoms with van der Waals surface area (Å²) < 4.78 is 39.7. The second-order valence-corrected chi connectivity index (χ2v) is 18.0. The van der Waals surface area contributed by atoms with E-state index >= 15 is 0 Å². The van der Waals surface area contributed by atoms with E-state index < -0.39 is 62.0 Å². The number of phosphoric acid groups is 1. The van der Waals surface area contributed by atoms with Gasteiger partial charge in [0.2, 0.25) is 31.3 Å². The molecule has 4 rings (SSSR count). The summed E-state index contributed by atoms with van der Waals surface area (Å²) >= 11 is 0. The van der Waals surface area contributed by atoms with E-state index in [2.05, 4.69) is 5.32 Å². The highest BCUT2D eigenvalue weighted by molar-refractivity contribution is 7.48. The number of anilines is 1. The lowest BCUT2D eigenvalue weighted by molar-refractivity contribution is -0.163. The molecule has 2 aromatic rings. The van der Waals surface area contributed by atoms with E-state index in [1.807, 2.05) is 18.2 Å². The Morgan fingerprint density at radius 1 is 0.930 bits per heavy atom. The molecule has 3 amide bonds. The van der Waals surface area contributed by atoms with Gasteiger partial charge in [-0.2, -0.15) is 0 Å². The molecular weight excluding hydrogens is 757 g/mol. The molecule has 15 nitrogen and oxygen atoms in total. The second kappa shape index (κ2) is 18.6. The van der Waals surface area contributed by atoms with E-state index in [0.717, 1.165) is 16.8 Å². The number of phosphoric ester groups is 1. The number of esters is 2. The first-order valence-electron chi connectivity index (χ1n) is 18.8. The summed E-state index contributed by atoms with van der Waals surface area (Å²) in [5.74, 6) is -3.24. The number of benzene rings is 2. The highest BCUT2D eigenvalue weighted by Gasteiger charge is 2.44. The van der Waals surface area contributed by atoms with Crippen LogP contribution in [0, 0.1) is 16.7 Å². The summed E-state index contributed by atoms with van der Waals surface area (Å²) in [6.07, 6.45) is 3.20. The van der Waals surface area contributed by atoms with Crippen LogP contribution in [0.5, 0.6) is 5.75 Å². The van der Waals surface area contributed by atoms with Gasteiger partial charge in [0, 0.05) is 31.2 Å². The molecule has 0 unspecified atom stereocenters. The first-order chi connectivity index (χ1) is 26.6. The van der Waals surface area contributed by atoms with Crippen molar-refractivity contribution < 1.29 is 56.4 Å². The largest absolute Gasteiger partial charge is 0.535 e. The Morgan fingerprint density at radius 2 is 1.51 bits per heavy atom. The number of allylic oxidation sites excluding steroid dienone is 2. The van der Waals surface area contributed by atoms with Crippen LogP contribution in [0.2, 0.25) is 0 Å². The number of carbonyl (C=O) groups is 6. The molecule has 3 atom stereocenters. The standard InChI is InChI=1S/C41H54N3O12P/c1-25(27-15-17-32(18-16-27)56-57(51,54-23-52-38(49)40(3,4)5)55-24-53-39(50)41(6,7)8)20-31(45)21-30-14-13-28-10-9-11-29-22-33(44(35(28)29)37(30)48)36(47)43-26(2)12-19-34(42)46/h9-11,15-18,20,26,30,33H,12-14,19,21-24H2,1-8H3,(H2,42,46)(H,43,47)/b25-20+/t26-,30-,33+/m1/s1. The zero-order valence-corrected chi connectivity index (χ0v) is 34.8. The molecule has 310 valence electrons. The predicted molar refractivity (Wildman–Crippen MR) is 210 cm³/mol. The van der Waals surface area contributed by atoms with Gasteiger partial charge in [0.05, 0.1) is 16.5 Å². The number of hydrogen-bond donors (Lipinski definition) is 2. The Hall–Kier alpha value is -4.85. The summed E-state index contributed by atoms with van der Waals surface area (Å²) in [6, 6.07) is 10.8. The Balaban J connectivity index is 1.44. The van der Waals surface area contributed by atoms with Gasteiger partial charge in [-0.05, 0) is 115 Å². The van der Waals surface area contributed by atoms with Gasteiger partial charge in [0.1, 0.15) is 11.8 Å². The zero-order valence-electron chi connectivity index (χ0n) is 33.9. The molecule has 3 N–H and O–H groups in total. The number of ether oxygens (including phenoxy) is 2. The highest BCUT2D eigenvalue weighted by atomic mass is 31.2. The van der Waals surface area contributed by atoms with Crippen molar-refractivity contribution in [1.82, 2.24) is 5.32 Å². The smallest absolute Gasteiger partial charge is 0.437 e. The molecule has 0 aliphatic carbocycles. The van der Waals surface area contributed by atoms with Crippen LogP contribution in [0.15, 0.2) is 48.5 Å². The molecule has 2 heterocycles. The van der Waals surface area contributed by atoms with Crippen LogP contribution in [0.25, 0.3) is 5.57 Å². The monoisotopic (exact) mass is 811 g/mol. The van der Waals surface area contributed by atoms with E-state index in [1.165, 1.54) is 18.2 Å². The lowest BCUT2D eigenvalue weighted by Gasteiger charge is -2.28. The molecule has 0 spiro atoms. The van der Waals surface area contributed by atoms with Crippen molar-refractivity contribution in [2.75, 3.05) is 18.5 Å². The minimum Gasteiger partial charge on any atom is -0.437 e. The van der Waals surface area contributed by atoms with E-state index in [-0.39, 0.29) is 42.2 Å². The van der Waals surface area contributed by atoms with Crippen LogP contribution in [-0.2, 0) is 64.7 Å². The predicted octanol–water partition coefficient (Wildman–Crippen LogP) is 5.95. The van der Waals surface area contributed by atoms with Crippen LogP contribution >= 0.6 is 7.82 Å². The average Bonchev–Trinajstić information content (AvgIpc) is 3.46. The number of amides is 3. The fourth-order valence-corrected chi connectivity index (χ4v) is 7.13. The minimum absolute atomic E-state index is 0.0416. The van der Waals surface area contributed by atoms with Crippen LogP contribution in [-0.4, -0.2) is 61.1 Å². The lowest BCUT2D eigenvalue weighted by atomic mass is 9.92. The van der Waals surface area contributed by atoms with Gasteiger partial charge in [-0.15, -0.1) is 0 Å². The van der Waals surface area contributed by atoms with Gasteiger partial charge in [-0.3, -0.25) is 33.7 Å². The quantitative estimate of drug-likeness (QED) is 0.0822. The topological polar surface area (TPSA) is 207 Å². The minimum atomic E-state index is -4.50. The molecule has 2 aliphatic rings. The number of ketones is 1. The van der Waals surface area contributed by atoms with E-state index in [0.29, 0.717) is 36.8 Å². The van der Waals surface area contributed by atoms with Crippen molar-refractivity contribution in [3.8, 4) is 5.75 Å². The number of aryl methyl sites for hydroxylation is 1. The van der Waals surface area contributed by atoms with Crippen LogP contribution < -0.4 is 20.5 Å².